The molecule has 0 fully saturated rings. The Kier molecular flexibility index (Phi) is 4.09. The van der Waals surface area contributed by atoms with Crippen LogP contribution in [0.15, 0.2) is 30.7 Å². The minimum absolute atomic E-state index is 0.0683. The van der Waals surface area contributed by atoms with Crippen LogP contribution in [-0.4, -0.2) is 20.4 Å². The molecule has 0 aliphatic heterocycles. The first-order valence-corrected chi connectivity index (χ1v) is 6.22. The summed E-state index contributed by atoms with van der Waals surface area (Å²) in [7, 11) is 1.76. The summed E-state index contributed by atoms with van der Waals surface area (Å²) in [6.07, 6.45) is 3.11. The van der Waals surface area contributed by atoms with Crippen molar-refractivity contribution < 1.29 is 9.18 Å². The molecule has 2 rings (SSSR count). The van der Waals surface area contributed by atoms with Gasteiger partial charge >= 0.3 is 0 Å². The second kappa shape index (κ2) is 5.79. The largest absolute Gasteiger partial charge is 0.389 e. The number of nitrogens with two attached hydrogens (primary N) is 1. The molecule has 0 atom stereocenters. The average Bonchev–Trinajstić information content (AvgIpc) is 2.83. The molecule has 3 N–H and O–H groups in total. The first-order valence-electron chi connectivity index (χ1n) is 5.82. The van der Waals surface area contributed by atoms with E-state index < -0.39 is 5.82 Å². The van der Waals surface area contributed by atoms with Gasteiger partial charge in [0.1, 0.15) is 16.5 Å². The van der Waals surface area contributed by atoms with E-state index in [9.17, 15) is 9.18 Å². The maximum absolute atomic E-state index is 13.8. The highest BCUT2D eigenvalue weighted by atomic mass is 32.1. The summed E-state index contributed by atoms with van der Waals surface area (Å²) < 4.78 is 15.4. The molecule has 104 valence electrons. The Labute approximate surface area is 120 Å². The second-order valence-electron chi connectivity index (χ2n) is 4.28. The van der Waals surface area contributed by atoms with Gasteiger partial charge in [-0.15, -0.1) is 0 Å². The highest BCUT2D eigenvalue weighted by Gasteiger charge is 2.10. The zero-order valence-electron chi connectivity index (χ0n) is 10.8. The number of aromatic nitrogens is 2. The Balaban J connectivity index is 2.04. The Morgan fingerprint density at radius 1 is 1.55 bits per heavy atom. The van der Waals surface area contributed by atoms with Crippen molar-refractivity contribution in [1.82, 2.24) is 14.9 Å². The first-order chi connectivity index (χ1) is 9.47. The first kappa shape index (κ1) is 14.1. The molecule has 1 amide bonds. The van der Waals surface area contributed by atoms with Gasteiger partial charge in [0.05, 0.1) is 6.33 Å². The summed E-state index contributed by atoms with van der Waals surface area (Å²) in [5.74, 6) is -0.819. The van der Waals surface area contributed by atoms with E-state index in [1.165, 1.54) is 12.4 Å². The smallest absolute Gasteiger partial charge is 0.271 e. The number of imidazole rings is 1. The number of carbonyl (C=O) groups is 1. The molecular weight excluding hydrogens is 279 g/mol. The predicted octanol–water partition coefficient (Wildman–Crippen LogP) is 1.12. The fourth-order valence-electron chi connectivity index (χ4n) is 1.64. The van der Waals surface area contributed by atoms with Gasteiger partial charge in [0.15, 0.2) is 0 Å². The molecule has 2 aromatic rings. The third-order valence-corrected chi connectivity index (χ3v) is 2.95. The highest BCUT2D eigenvalue weighted by Crippen LogP contribution is 2.10. The van der Waals surface area contributed by atoms with Crippen LogP contribution in [-0.2, 0) is 13.6 Å². The van der Waals surface area contributed by atoms with E-state index in [0.717, 1.165) is 0 Å². The topological polar surface area (TPSA) is 72.9 Å². The van der Waals surface area contributed by atoms with Gasteiger partial charge in [0.2, 0.25) is 0 Å². The number of nitrogens with zero attached hydrogens (tertiary/aromatic N) is 2. The van der Waals surface area contributed by atoms with Gasteiger partial charge < -0.3 is 15.6 Å². The van der Waals surface area contributed by atoms with Crippen LogP contribution in [0.2, 0.25) is 0 Å². The Bertz CT molecular complexity index is 668. The van der Waals surface area contributed by atoms with E-state index in [-0.39, 0.29) is 23.1 Å². The number of thiocarbonyl (C=S) groups is 1. The van der Waals surface area contributed by atoms with Crippen LogP contribution < -0.4 is 11.1 Å². The van der Waals surface area contributed by atoms with Crippen LogP contribution in [0.25, 0.3) is 0 Å². The molecule has 0 unspecified atom stereocenters. The maximum atomic E-state index is 13.8. The number of hydrogen-bond donors (Lipinski definition) is 2. The number of hydrogen-bond acceptors (Lipinski definition) is 3. The Morgan fingerprint density at radius 2 is 2.30 bits per heavy atom. The predicted molar refractivity (Wildman–Crippen MR) is 76.7 cm³/mol. The molecule has 0 spiro atoms. The van der Waals surface area contributed by atoms with Crippen molar-refractivity contribution in [3.63, 3.8) is 0 Å². The number of rotatable bonds is 4. The van der Waals surface area contributed by atoms with Crippen LogP contribution in [0.5, 0.6) is 0 Å². The van der Waals surface area contributed by atoms with Crippen molar-refractivity contribution in [2.75, 3.05) is 0 Å². The normalized spacial score (nSPS) is 10.3. The van der Waals surface area contributed by atoms with Gasteiger partial charge in [0.25, 0.3) is 5.91 Å². The molecule has 0 aliphatic rings. The minimum Gasteiger partial charge on any atom is -0.389 e. The van der Waals surface area contributed by atoms with E-state index in [1.54, 1.807) is 29.9 Å². The average molecular weight is 292 g/mol. The molecule has 7 heteroatoms. The minimum atomic E-state index is -0.461. The Hall–Kier alpha value is -2.28. The van der Waals surface area contributed by atoms with E-state index in [2.05, 4.69) is 10.3 Å². The van der Waals surface area contributed by atoms with Gasteiger partial charge in [-0.2, -0.15) is 0 Å². The van der Waals surface area contributed by atoms with Crippen molar-refractivity contribution in [3.05, 3.63) is 53.4 Å². The quantitative estimate of drug-likeness (QED) is 0.828. The number of nitrogens with one attached hydrogen (secondary N) is 1. The molecule has 0 radical (unpaired) electrons. The molecule has 0 saturated carbocycles. The van der Waals surface area contributed by atoms with E-state index >= 15 is 0 Å². The summed E-state index contributed by atoms with van der Waals surface area (Å²) in [6.45, 7) is 0.0683. The van der Waals surface area contributed by atoms with Gasteiger partial charge in [-0.25, -0.2) is 9.37 Å². The number of aryl methyl sites for hydroxylation is 1. The number of halogens is 1. The highest BCUT2D eigenvalue weighted by molar-refractivity contribution is 7.80. The van der Waals surface area contributed by atoms with E-state index in [1.807, 2.05) is 0 Å². The zero-order valence-corrected chi connectivity index (χ0v) is 11.6. The zero-order chi connectivity index (χ0) is 14.7. The van der Waals surface area contributed by atoms with Crippen LogP contribution in [0.1, 0.15) is 21.6 Å². The molecule has 1 aromatic carbocycles. The fourth-order valence-corrected chi connectivity index (χ4v) is 1.77. The van der Waals surface area contributed by atoms with Gasteiger partial charge in [0, 0.05) is 30.9 Å². The van der Waals surface area contributed by atoms with E-state index in [4.69, 9.17) is 18.0 Å². The van der Waals surface area contributed by atoms with Crippen LogP contribution in [0.4, 0.5) is 4.39 Å². The molecule has 0 bridgehead atoms. The van der Waals surface area contributed by atoms with Crippen molar-refractivity contribution in [2.24, 2.45) is 12.8 Å². The lowest BCUT2D eigenvalue weighted by Gasteiger charge is -2.06. The molecular formula is C13H13FN4OS. The van der Waals surface area contributed by atoms with E-state index in [0.29, 0.717) is 11.1 Å². The van der Waals surface area contributed by atoms with Crippen molar-refractivity contribution >= 4 is 23.1 Å². The lowest BCUT2D eigenvalue weighted by atomic mass is 10.1. The van der Waals surface area contributed by atoms with Crippen molar-refractivity contribution in [3.8, 4) is 0 Å². The standard InChI is InChI=1S/C13H13FN4OS/c1-18-6-11(17-7-18)13(19)16-5-9-3-2-8(12(15)20)4-10(9)14/h2-4,6-7H,5H2,1H3,(H2,15,20)(H,16,19). The molecule has 0 saturated heterocycles. The Morgan fingerprint density at radius 3 is 2.85 bits per heavy atom. The van der Waals surface area contributed by atoms with Crippen LogP contribution >= 0.6 is 12.2 Å². The lowest BCUT2D eigenvalue weighted by molar-refractivity contribution is 0.0946. The summed E-state index contributed by atoms with van der Waals surface area (Å²) in [5.41, 5.74) is 6.51. The summed E-state index contributed by atoms with van der Waals surface area (Å²) >= 11 is 4.77. The molecule has 1 heterocycles. The third-order valence-electron chi connectivity index (χ3n) is 2.71. The van der Waals surface area contributed by atoms with Crippen molar-refractivity contribution in [2.45, 2.75) is 6.54 Å². The molecule has 5 nitrogen and oxygen atoms in total. The lowest BCUT2D eigenvalue weighted by Crippen LogP contribution is -2.23. The second-order valence-corrected chi connectivity index (χ2v) is 4.72. The molecule has 1 aromatic heterocycles. The maximum Gasteiger partial charge on any atom is 0.271 e. The van der Waals surface area contributed by atoms with Crippen LogP contribution in [0, 0.1) is 5.82 Å². The summed E-state index contributed by atoms with van der Waals surface area (Å²) in [4.78, 5) is 15.8. The molecule has 0 aliphatic carbocycles. The van der Waals surface area contributed by atoms with Crippen molar-refractivity contribution in [1.29, 1.82) is 0 Å². The van der Waals surface area contributed by atoms with Gasteiger partial charge in [-0.1, -0.05) is 24.4 Å². The number of benzene rings is 1. The summed E-state index contributed by atoms with van der Waals surface area (Å²) in [5, 5.41) is 2.60. The van der Waals surface area contributed by atoms with Gasteiger partial charge in [-0.3, -0.25) is 4.79 Å². The number of carbonyl (C=O) groups excluding carboxylic acids is 1. The number of amides is 1. The fraction of sp³-hybridized carbons (Fsp3) is 0.154. The third kappa shape index (κ3) is 3.18. The SMILES string of the molecule is Cn1cnc(C(=O)NCc2ccc(C(N)=S)cc2F)c1. The molecule has 20 heavy (non-hydrogen) atoms. The monoisotopic (exact) mass is 292 g/mol. The van der Waals surface area contributed by atoms with Gasteiger partial charge in [-0.05, 0) is 6.07 Å². The summed E-state index contributed by atoms with van der Waals surface area (Å²) in [6, 6.07) is 4.42. The van der Waals surface area contributed by atoms with Crippen LogP contribution in [0.3, 0.4) is 0 Å².